The molecular formula is C23H18ClF3N4O3S2. The predicted octanol–water partition coefficient (Wildman–Crippen LogP) is 5.49. The fourth-order valence-electron chi connectivity index (χ4n) is 3.36. The van der Waals surface area contributed by atoms with Crippen molar-refractivity contribution in [2.24, 2.45) is 0 Å². The quantitative estimate of drug-likeness (QED) is 0.316. The number of aromatic nitrogens is 2. The maximum atomic E-state index is 13.4. The molecular weight excluding hydrogens is 537 g/mol. The first-order valence-corrected chi connectivity index (χ1v) is 13.0. The largest absolute Gasteiger partial charge is 0.416 e. The molecule has 0 aliphatic heterocycles. The van der Waals surface area contributed by atoms with Gasteiger partial charge in [0.1, 0.15) is 11.4 Å². The molecule has 0 spiro atoms. The van der Waals surface area contributed by atoms with E-state index < -0.39 is 27.7 Å². The average Bonchev–Trinajstić information content (AvgIpc) is 3.49. The number of rotatable bonds is 7. The first kappa shape index (κ1) is 25.7. The number of alkyl halides is 3. The van der Waals surface area contributed by atoms with Crippen LogP contribution in [-0.2, 0) is 22.7 Å². The van der Waals surface area contributed by atoms with Crippen molar-refractivity contribution in [1.29, 1.82) is 0 Å². The van der Waals surface area contributed by atoms with E-state index in [1.165, 1.54) is 47.3 Å². The molecule has 0 saturated heterocycles. The Morgan fingerprint density at radius 1 is 1.11 bits per heavy atom. The van der Waals surface area contributed by atoms with Gasteiger partial charge in [0.15, 0.2) is 0 Å². The minimum atomic E-state index is -4.70. The van der Waals surface area contributed by atoms with E-state index in [0.717, 1.165) is 17.0 Å². The molecule has 0 aliphatic carbocycles. The summed E-state index contributed by atoms with van der Waals surface area (Å²) >= 11 is 7.22. The van der Waals surface area contributed by atoms with E-state index in [9.17, 15) is 26.4 Å². The van der Waals surface area contributed by atoms with Crippen LogP contribution in [0.5, 0.6) is 0 Å². The number of halogens is 4. The van der Waals surface area contributed by atoms with E-state index in [4.69, 9.17) is 11.6 Å². The van der Waals surface area contributed by atoms with Gasteiger partial charge in [-0.2, -0.15) is 18.3 Å². The molecule has 2 aromatic heterocycles. The van der Waals surface area contributed by atoms with Crippen LogP contribution in [-0.4, -0.2) is 31.2 Å². The summed E-state index contributed by atoms with van der Waals surface area (Å²) in [5.41, 5.74) is -0.500. The Balaban J connectivity index is 1.78. The molecule has 188 valence electrons. The maximum absolute atomic E-state index is 13.4. The van der Waals surface area contributed by atoms with Gasteiger partial charge in [-0.05, 0) is 59.5 Å². The molecule has 1 amide bonds. The minimum absolute atomic E-state index is 0.160. The van der Waals surface area contributed by atoms with Gasteiger partial charge in [-0.25, -0.2) is 8.42 Å². The summed E-state index contributed by atoms with van der Waals surface area (Å²) < 4.78 is 69.8. The zero-order valence-corrected chi connectivity index (χ0v) is 20.9. The lowest BCUT2D eigenvalue weighted by Gasteiger charge is -2.16. The SMILES string of the molecule is CNC(=O)c1cc(-c2cccs2)nn1Cc1ccc(C(F)(F)F)cc1NS(=O)(=O)c1ccc(Cl)cc1. The summed E-state index contributed by atoms with van der Waals surface area (Å²) in [5, 5.41) is 9.09. The Kier molecular flexibility index (Phi) is 7.12. The molecule has 0 fully saturated rings. The van der Waals surface area contributed by atoms with Gasteiger partial charge in [0.05, 0.1) is 27.6 Å². The summed E-state index contributed by atoms with van der Waals surface area (Å²) in [6, 6.07) is 13.1. The van der Waals surface area contributed by atoms with Crippen molar-refractivity contribution in [2.75, 3.05) is 11.8 Å². The summed E-state index contributed by atoms with van der Waals surface area (Å²) in [7, 11) is -2.81. The molecule has 0 aliphatic rings. The first-order chi connectivity index (χ1) is 17.0. The van der Waals surface area contributed by atoms with Crippen LogP contribution >= 0.6 is 22.9 Å². The van der Waals surface area contributed by atoms with Gasteiger partial charge in [0.2, 0.25) is 0 Å². The summed E-state index contributed by atoms with van der Waals surface area (Å²) in [6.45, 7) is -0.176. The van der Waals surface area contributed by atoms with Crippen molar-refractivity contribution in [1.82, 2.24) is 15.1 Å². The highest BCUT2D eigenvalue weighted by Gasteiger charge is 2.32. The topological polar surface area (TPSA) is 93.1 Å². The van der Waals surface area contributed by atoms with E-state index in [1.54, 1.807) is 6.07 Å². The number of thiophene rings is 1. The number of nitrogens with zero attached hydrogens (tertiary/aromatic N) is 2. The lowest BCUT2D eigenvalue weighted by Crippen LogP contribution is -2.23. The molecule has 36 heavy (non-hydrogen) atoms. The van der Waals surface area contributed by atoms with Crippen LogP contribution in [0.4, 0.5) is 18.9 Å². The zero-order valence-electron chi connectivity index (χ0n) is 18.5. The molecule has 2 heterocycles. The molecule has 13 heteroatoms. The summed E-state index contributed by atoms with van der Waals surface area (Å²) in [5.74, 6) is -0.458. The fraction of sp³-hybridized carbons (Fsp3) is 0.130. The summed E-state index contributed by atoms with van der Waals surface area (Å²) in [6.07, 6.45) is -4.70. The van der Waals surface area contributed by atoms with Gasteiger partial charge in [-0.15, -0.1) is 11.3 Å². The number of anilines is 1. The van der Waals surface area contributed by atoms with Crippen LogP contribution in [0, 0.1) is 0 Å². The van der Waals surface area contributed by atoms with E-state index in [1.807, 2.05) is 17.5 Å². The Morgan fingerprint density at radius 2 is 1.83 bits per heavy atom. The van der Waals surface area contributed by atoms with Gasteiger partial charge in [-0.3, -0.25) is 14.2 Å². The van der Waals surface area contributed by atoms with Crippen LogP contribution in [0.25, 0.3) is 10.6 Å². The van der Waals surface area contributed by atoms with Crippen LogP contribution in [0.1, 0.15) is 21.6 Å². The van der Waals surface area contributed by atoms with E-state index >= 15 is 0 Å². The molecule has 0 saturated carbocycles. The van der Waals surface area contributed by atoms with Gasteiger partial charge < -0.3 is 5.32 Å². The average molecular weight is 555 g/mol. The third kappa shape index (κ3) is 5.55. The van der Waals surface area contributed by atoms with Crippen LogP contribution in [0.2, 0.25) is 5.02 Å². The van der Waals surface area contributed by atoms with Crippen molar-refractivity contribution in [3.05, 3.63) is 87.9 Å². The monoisotopic (exact) mass is 554 g/mol. The van der Waals surface area contributed by atoms with Crippen molar-refractivity contribution < 1.29 is 26.4 Å². The van der Waals surface area contributed by atoms with Gasteiger partial charge in [0.25, 0.3) is 15.9 Å². The van der Waals surface area contributed by atoms with Crippen LogP contribution in [0.3, 0.4) is 0 Å². The second-order valence-electron chi connectivity index (χ2n) is 7.56. The van der Waals surface area contributed by atoms with Gasteiger partial charge in [-0.1, -0.05) is 23.7 Å². The van der Waals surface area contributed by atoms with Crippen molar-refractivity contribution in [3.8, 4) is 10.6 Å². The number of nitrogens with one attached hydrogen (secondary N) is 2. The molecule has 4 rings (SSSR count). The predicted molar refractivity (Wildman–Crippen MR) is 132 cm³/mol. The number of hydrogen-bond donors (Lipinski definition) is 2. The highest BCUT2D eigenvalue weighted by atomic mass is 35.5. The van der Waals surface area contributed by atoms with Gasteiger partial charge >= 0.3 is 6.18 Å². The Labute approximate surface area is 213 Å². The molecule has 4 aromatic rings. The highest BCUT2D eigenvalue weighted by Crippen LogP contribution is 2.34. The zero-order chi connectivity index (χ0) is 26.1. The normalized spacial score (nSPS) is 11.9. The Hall–Kier alpha value is -3.35. The molecule has 0 unspecified atom stereocenters. The smallest absolute Gasteiger partial charge is 0.354 e. The minimum Gasteiger partial charge on any atom is -0.354 e. The van der Waals surface area contributed by atoms with E-state index in [2.05, 4.69) is 15.1 Å². The number of sulfonamides is 1. The summed E-state index contributed by atoms with van der Waals surface area (Å²) in [4.78, 5) is 13.1. The number of benzene rings is 2. The molecule has 2 aromatic carbocycles. The lowest BCUT2D eigenvalue weighted by atomic mass is 10.1. The number of carbonyl (C=O) groups is 1. The van der Waals surface area contributed by atoms with E-state index in [-0.39, 0.29) is 28.4 Å². The van der Waals surface area contributed by atoms with Gasteiger partial charge in [0, 0.05) is 12.1 Å². The molecule has 7 nitrogen and oxygen atoms in total. The van der Waals surface area contributed by atoms with Crippen molar-refractivity contribution in [2.45, 2.75) is 17.6 Å². The number of amides is 1. The Morgan fingerprint density at radius 3 is 2.44 bits per heavy atom. The highest BCUT2D eigenvalue weighted by molar-refractivity contribution is 7.92. The molecule has 0 radical (unpaired) electrons. The second-order valence-corrected chi connectivity index (χ2v) is 10.6. The second kappa shape index (κ2) is 9.96. The molecule has 2 N–H and O–H groups in total. The van der Waals surface area contributed by atoms with Crippen molar-refractivity contribution in [3.63, 3.8) is 0 Å². The number of hydrogen-bond acceptors (Lipinski definition) is 5. The Bertz CT molecular complexity index is 1500. The van der Waals surface area contributed by atoms with Crippen LogP contribution in [0.15, 0.2) is 70.9 Å². The van der Waals surface area contributed by atoms with Crippen LogP contribution < -0.4 is 10.0 Å². The lowest BCUT2D eigenvalue weighted by molar-refractivity contribution is -0.137. The number of carbonyl (C=O) groups excluding carboxylic acids is 1. The van der Waals surface area contributed by atoms with Crippen molar-refractivity contribution >= 4 is 44.6 Å². The fourth-order valence-corrected chi connectivity index (χ4v) is 5.26. The standard InChI is InChI=1S/C23H18ClF3N4O3S2/c1-28-22(32)20-12-19(21-3-2-10-35-21)29-31(20)13-14-4-5-15(23(25,26)27)11-18(14)30-36(33,34)17-8-6-16(24)7-9-17/h2-12,30H,13H2,1H3,(H,28,32). The molecule has 0 atom stereocenters. The first-order valence-electron chi connectivity index (χ1n) is 10.3. The molecule has 0 bridgehead atoms. The maximum Gasteiger partial charge on any atom is 0.416 e. The van der Waals surface area contributed by atoms with E-state index in [0.29, 0.717) is 16.8 Å². The third-order valence-corrected chi connectivity index (χ3v) is 7.66. The third-order valence-electron chi connectivity index (χ3n) is 5.14.